The zero-order valence-electron chi connectivity index (χ0n) is 11.6. The predicted molar refractivity (Wildman–Crippen MR) is 77.0 cm³/mol. The van der Waals surface area contributed by atoms with Gasteiger partial charge in [-0.25, -0.2) is 0 Å². The Labute approximate surface area is 119 Å². The first-order valence-corrected chi connectivity index (χ1v) is 7.17. The summed E-state index contributed by atoms with van der Waals surface area (Å²) in [5.41, 5.74) is 9.16. The molecule has 0 saturated carbocycles. The van der Waals surface area contributed by atoms with Crippen molar-refractivity contribution < 1.29 is 9.90 Å². The van der Waals surface area contributed by atoms with Crippen LogP contribution < -0.4 is 5.73 Å². The molecule has 1 amide bonds. The summed E-state index contributed by atoms with van der Waals surface area (Å²) in [6.07, 6.45) is 1.30. The molecule has 2 aliphatic heterocycles. The lowest BCUT2D eigenvalue weighted by atomic mass is 9.99. The second-order valence-electron chi connectivity index (χ2n) is 5.77. The van der Waals surface area contributed by atoms with Gasteiger partial charge in [0.05, 0.1) is 12.6 Å². The molecule has 1 saturated heterocycles. The van der Waals surface area contributed by atoms with Gasteiger partial charge in [-0.2, -0.15) is 0 Å². The minimum atomic E-state index is -0.344. The Morgan fingerprint density at radius 1 is 1.35 bits per heavy atom. The van der Waals surface area contributed by atoms with E-state index in [0.717, 1.165) is 25.2 Å². The summed E-state index contributed by atoms with van der Waals surface area (Å²) in [6.45, 7) is 3.30. The number of aliphatic hydroxyl groups excluding tert-OH is 1. The number of β-amino-alcohol motifs (C(OH)–C–C–N with tert-alkyl or cyclic N) is 1. The molecule has 1 aromatic carbocycles. The van der Waals surface area contributed by atoms with Gasteiger partial charge in [0.1, 0.15) is 0 Å². The van der Waals surface area contributed by atoms with E-state index >= 15 is 0 Å². The predicted octanol–water partition coefficient (Wildman–Crippen LogP) is 0.220. The van der Waals surface area contributed by atoms with Gasteiger partial charge in [-0.1, -0.05) is 6.07 Å². The maximum absolute atomic E-state index is 12.2. The zero-order valence-corrected chi connectivity index (χ0v) is 11.6. The summed E-state index contributed by atoms with van der Waals surface area (Å²) in [5.74, 6) is 0.125. The molecule has 0 aromatic heterocycles. The van der Waals surface area contributed by atoms with Crippen molar-refractivity contribution >= 4 is 11.6 Å². The molecule has 5 nitrogen and oxygen atoms in total. The molecule has 1 atom stereocenters. The van der Waals surface area contributed by atoms with Gasteiger partial charge in [0, 0.05) is 31.9 Å². The first kappa shape index (κ1) is 13.4. The third kappa shape index (κ3) is 2.78. The van der Waals surface area contributed by atoms with Crippen LogP contribution in [0.4, 0.5) is 5.69 Å². The molecule has 1 aromatic rings. The fourth-order valence-corrected chi connectivity index (χ4v) is 3.03. The molecule has 1 unspecified atom stereocenters. The lowest BCUT2D eigenvalue weighted by Crippen LogP contribution is -2.41. The van der Waals surface area contributed by atoms with Crippen LogP contribution in [0.1, 0.15) is 17.5 Å². The second kappa shape index (κ2) is 5.42. The Hall–Kier alpha value is -1.59. The Morgan fingerprint density at radius 3 is 2.95 bits per heavy atom. The molecule has 2 aliphatic rings. The van der Waals surface area contributed by atoms with E-state index in [0.29, 0.717) is 26.1 Å². The maximum Gasteiger partial charge on any atom is 0.236 e. The molecular formula is C15H21N3O2. The highest BCUT2D eigenvalue weighted by Crippen LogP contribution is 2.21. The van der Waals surface area contributed by atoms with Crippen molar-refractivity contribution in [2.75, 3.05) is 31.9 Å². The fourth-order valence-electron chi connectivity index (χ4n) is 3.03. The molecule has 0 aliphatic carbocycles. The number of nitrogens with zero attached hydrogens (tertiary/aromatic N) is 2. The second-order valence-corrected chi connectivity index (χ2v) is 5.77. The number of aliphatic hydroxyl groups is 1. The van der Waals surface area contributed by atoms with Crippen LogP contribution in [0.2, 0.25) is 0 Å². The molecule has 3 rings (SSSR count). The van der Waals surface area contributed by atoms with Crippen LogP contribution in [-0.2, 0) is 17.8 Å². The summed E-state index contributed by atoms with van der Waals surface area (Å²) >= 11 is 0. The van der Waals surface area contributed by atoms with Crippen molar-refractivity contribution in [1.29, 1.82) is 0 Å². The zero-order chi connectivity index (χ0) is 14.1. The Balaban J connectivity index is 1.60. The van der Waals surface area contributed by atoms with Crippen LogP contribution in [0.15, 0.2) is 18.2 Å². The number of benzene rings is 1. The topological polar surface area (TPSA) is 69.8 Å². The normalized spacial score (nSPS) is 22.9. The van der Waals surface area contributed by atoms with Crippen LogP contribution in [-0.4, -0.2) is 53.1 Å². The number of nitrogens with two attached hydrogens (primary N) is 1. The monoisotopic (exact) mass is 275 g/mol. The molecule has 1 fully saturated rings. The smallest absolute Gasteiger partial charge is 0.236 e. The minimum absolute atomic E-state index is 0.125. The van der Waals surface area contributed by atoms with Crippen molar-refractivity contribution in [2.24, 2.45) is 0 Å². The van der Waals surface area contributed by atoms with Gasteiger partial charge in [0.15, 0.2) is 0 Å². The summed E-state index contributed by atoms with van der Waals surface area (Å²) < 4.78 is 0. The van der Waals surface area contributed by atoms with Gasteiger partial charge >= 0.3 is 0 Å². The molecule has 20 heavy (non-hydrogen) atoms. The molecule has 0 spiro atoms. The number of likely N-dealkylation sites (tertiary alicyclic amines) is 1. The van der Waals surface area contributed by atoms with Gasteiger partial charge in [0.2, 0.25) is 5.91 Å². The van der Waals surface area contributed by atoms with Crippen molar-refractivity contribution in [3.8, 4) is 0 Å². The van der Waals surface area contributed by atoms with Crippen molar-refractivity contribution in [2.45, 2.75) is 25.5 Å². The van der Waals surface area contributed by atoms with Crippen LogP contribution in [0.3, 0.4) is 0 Å². The van der Waals surface area contributed by atoms with E-state index < -0.39 is 0 Å². The molecule has 3 N–H and O–H groups in total. The third-order valence-electron chi connectivity index (χ3n) is 4.20. The van der Waals surface area contributed by atoms with Crippen LogP contribution in [0.5, 0.6) is 0 Å². The van der Waals surface area contributed by atoms with E-state index in [1.54, 1.807) is 4.90 Å². The molecule has 0 radical (unpaired) electrons. The summed E-state index contributed by atoms with van der Waals surface area (Å²) in [6, 6.07) is 6.01. The first-order chi connectivity index (χ1) is 9.61. The molecule has 5 heteroatoms. The fraction of sp³-hybridized carbons (Fsp3) is 0.533. The van der Waals surface area contributed by atoms with Gasteiger partial charge in [-0.3, -0.25) is 9.69 Å². The van der Waals surface area contributed by atoms with Gasteiger partial charge in [-0.15, -0.1) is 0 Å². The first-order valence-electron chi connectivity index (χ1n) is 7.17. The number of fused-ring (bicyclic) bond motifs is 1. The molecular weight excluding hydrogens is 254 g/mol. The van der Waals surface area contributed by atoms with Gasteiger partial charge in [0.25, 0.3) is 0 Å². The lowest BCUT2D eigenvalue weighted by molar-refractivity contribution is -0.131. The molecule has 108 valence electrons. The highest BCUT2D eigenvalue weighted by atomic mass is 16.3. The van der Waals surface area contributed by atoms with Gasteiger partial charge in [-0.05, 0) is 36.1 Å². The van der Waals surface area contributed by atoms with Crippen molar-refractivity contribution in [3.63, 3.8) is 0 Å². The Kier molecular flexibility index (Phi) is 3.63. The van der Waals surface area contributed by atoms with E-state index in [1.165, 1.54) is 11.1 Å². The minimum Gasteiger partial charge on any atom is -0.399 e. The van der Waals surface area contributed by atoms with Crippen molar-refractivity contribution in [1.82, 2.24) is 9.80 Å². The average Bonchev–Trinajstić information content (AvgIpc) is 2.86. The summed E-state index contributed by atoms with van der Waals surface area (Å²) in [4.78, 5) is 16.1. The number of rotatable bonds is 2. The van der Waals surface area contributed by atoms with Crippen LogP contribution >= 0.6 is 0 Å². The van der Waals surface area contributed by atoms with E-state index in [4.69, 9.17) is 5.73 Å². The number of hydrogen-bond acceptors (Lipinski definition) is 4. The lowest BCUT2D eigenvalue weighted by Gasteiger charge is -2.29. The number of carbonyl (C=O) groups excluding carboxylic acids is 1. The standard InChI is InChI=1S/C15H21N3O2/c16-13-2-1-12-8-17(5-3-11(12)7-13)10-15(20)18-6-4-14(19)9-18/h1-2,7,14,19H,3-6,8-10,16H2. The van der Waals surface area contributed by atoms with E-state index in [9.17, 15) is 9.90 Å². The van der Waals surface area contributed by atoms with E-state index in [1.807, 2.05) is 12.1 Å². The number of hydrogen-bond donors (Lipinski definition) is 2. The number of carbonyl (C=O) groups is 1. The number of amides is 1. The Morgan fingerprint density at radius 2 is 2.20 bits per heavy atom. The SMILES string of the molecule is Nc1ccc2c(c1)CCN(CC(=O)N1CCC(O)C1)C2. The average molecular weight is 275 g/mol. The number of nitrogen functional groups attached to an aromatic ring is 1. The van der Waals surface area contributed by atoms with Crippen molar-refractivity contribution in [3.05, 3.63) is 29.3 Å². The maximum atomic E-state index is 12.2. The van der Waals surface area contributed by atoms with Gasteiger partial charge < -0.3 is 15.7 Å². The third-order valence-corrected chi connectivity index (χ3v) is 4.20. The quantitative estimate of drug-likeness (QED) is 0.758. The molecule has 2 heterocycles. The highest BCUT2D eigenvalue weighted by Gasteiger charge is 2.26. The molecule has 0 bridgehead atoms. The summed E-state index contributed by atoms with van der Waals surface area (Å²) in [5, 5.41) is 9.49. The summed E-state index contributed by atoms with van der Waals surface area (Å²) in [7, 11) is 0. The Bertz CT molecular complexity index is 518. The largest absolute Gasteiger partial charge is 0.399 e. The number of anilines is 1. The van der Waals surface area contributed by atoms with E-state index in [-0.39, 0.29) is 12.0 Å². The highest BCUT2D eigenvalue weighted by molar-refractivity contribution is 5.78. The van der Waals surface area contributed by atoms with E-state index in [2.05, 4.69) is 11.0 Å². The van der Waals surface area contributed by atoms with Crippen LogP contribution in [0, 0.1) is 0 Å². The van der Waals surface area contributed by atoms with Crippen LogP contribution in [0.25, 0.3) is 0 Å².